The van der Waals surface area contributed by atoms with E-state index < -0.39 is 16.1 Å². The Morgan fingerprint density at radius 3 is 2.79 bits per heavy atom. The summed E-state index contributed by atoms with van der Waals surface area (Å²) in [5, 5.41) is 13.4. The molecule has 2 aromatic heterocycles. The van der Waals surface area contributed by atoms with Gasteiger partial charge in [-0.1, -0.05) is 12.1 Å². The number of hydrogen-bond donors (Lipinski definition) is 3. The Kier molecular flexibility index (Phi) is 5.35. The van der Waals surface area contributed by atoms with Crippen LogP contribution in [0.1, 0.15) is 28.9 Å². The minimum Gasteiger partial charge on any atom is -0.392 e. The highest BCUT2D eigenvalue weighted by molar-refractivity contribution is 7.89. The molecule has 0 spiro atoms. The van der Waals surface area contributed by atoms with Crippen LogP contribution in [0, 0.1) is 0 Å². The fourth-order valence-electron chi connectivity index (χ4n) is 3.44. The number of nitrogens with zero attached hydrogens (tertiary/aromatic N) is 2. The highest BCUT2D eigenvalue weighted by atomic mass is 32.2. The van der Waals surface area contributed by atoms with Gasteiger partial charge in [0.25, 0.3) is 5.91 Å². The number of aromatic amines is 1. The lowest BCUT2D eigenvalue weighted by Crippen LogP contribution is -2.42. The Morgan fingerprint density at radius 1 is 1.28 bits per heavy atom. The number of aromatic nitrogens is 2. The number of sulfonamides is 1. The molecule has 1 fully saturated rings. The predicted octanol–water partition coefficient (Wildman–Crippen LogP) is 1.64. The van der Waals surface area contributed by atoms with E-state index in [9.17, 15) is 18.3 Å². The van der Waals surface area contributed by atoms with Crippen molar-refractivity contribution in [2.24, 2.45) is 0 Å². The van der Waals surface area contributed by atoms with Crippen LogP contribution in [0.3, 0.4) is 0 Å². The predicted molar refractivity (Wildman–Crippen MR) is 108 cm³/mol. The van der Waals surface area contributed by atoms with E-state index in [4.69, 9.17) is 0 Å². The van der Waals surface area contributed by atoms with Gasteiger partial charge >= 0.3 is 0 Å². The number of aliphatic hydroxyl groups is 1. The van der Waals surface area contributed by atoms with Gasteiger partial charge in [-0.3, -0.25) is 9.78 Å². The normalized spacial score (nSPS) is 18.0. The first-order chi connectivity index (χ1) is 13.9. The monoisotopic (exact) mass is 414 g/mol. The number of H-pyrrole nitrogens is 1. The van der Waals surface area contributed by atoms with E-state index in [0.29, 0.717) is 25.1 Å². The molecule has 4 rings (SSSR count). The molecule has 3 N–H and O–H groups in total. The molecule has 0 aliphatic carbocycles. The second-order valence-corrected chi connectivity index (χ2v) is 9.07. The van der Waals surface area contributed by atoms with Gasteiger partial charge in [0, 0.05) is 42.9 Å². The minimum atomic E-state index is -3.63. The Hall–Kier alpha value is -2.75. The molecule has 8 nitrogen and oxygen atoms in total. The van der Waals surface area contributed by atoms with Crippen molar-refractivity contribution < 1.29 is 18.3 Å². The SMILES string of the molecule is O=C(NCc1ccc(S(=O)(=O)N2CCC[C@H](O)C2)cc1)c1cc2cnccc2[nH]1. The second kappa shape index (κ2) is 7.94. The molecule has 9 heteroatoms. The van der Waals surface area contributed by atoms with Crippen molar-refractivity contribution in [1.82, 2.24) is 19.6 Å². The number of nitrogens with one attached hydrogen (secondary N) is 2. The largest absolute Gasteiger partial charge is 0.392 e. The fraction of sp³-hybridized carbons (Fsp3) is 0.300. The lowest BCUT2D eigenvalue weighted by Gasteiger charge is -2.29. The van der Waals surface area contributed by atoms with E-state index in [-0.39, 0.29) is 23.9 Å². The first-order valence-electron chi connectivity index (χ1n) is 9.41. The third-order valence-electron chi connectivity index (χ3n) is 5.04. The molecule has 1 aliphatic heterocycles. The molecule has 1 aliphatic rings. The van der Waals surface area contributed by atoms with Crippen molar-refractivity contribution in [3.63, 3.8) is 0 Å². The maximum atomic E-state index is 12.7. The van der Waals surface area contributed by atoms with Crippen molar-refractivity contribution in [3.8, 4) is 0 Å². The molecule has 1 amide bonds. The van der Waals surface area contributed by atoms with E-state index in [1.54, 1.807) is 36.7 Å². The summed E-state index contributed by atoms with van der Waals surface area (Å²) < 4.78 is 26.8. The second-order valence-electron chi connectivity index (χ2n) is 7.13. The molecule has 29 heavy (non-hydrogen) atoms. The number of piperidine rings is 1. The first kappa shape index (κ1) is 19.6. The van der Waals surface area contributed by atoms with Crippen molar-refractivity contribution in [3.05, 3.63) is 60.0 Å². The molecule has 0 bridgehead atoms. The summed E-state index contributed by atoms with van der Waals surface area (Å²) in [5.41, 5.74) is 2.06. The van der Waals surface area contributed by atoms with Gasteiger partial charge < -0.3 is 15.4 Å². The van der Waals surface area contributed by atoms with Gasteiger partial charge in [-0.15, -0.1) is 0 Å². The number of pyridine rings is 1. The highest BCUT2D eigenvalue weighted by Gasteiger charge is 2.29. The number of hydrogen-bond acceptors (Lipinski definition) is 5. The average Bonchev–Trinajstić information content (AvgIpc) is 3.17. The van der Waals surface area contributed by atoms with Crippen molar-refractivity contribution >= 4 is 26.8 Å². The molecule has 0 saturated carbocycles. The van der Waals surface area contributed by atoms with E-state index in [1.165, 1.54) is 16.4 Å². The Morgan fingerprint density at radius 2 is 2.07 bits per heavy atom. The highest BCUT2D eigenvalue weighted by Crippen LogP contribution is 2.21. The Balaban J connectivity index is 1.41. The van der Waals surface area contributed by atoms with Gasteiger partial charge in [-0.2, -0.15) is 4.31 Å². The van der Waals surface area contributed by atoms with E-state index in [0.717, 1.165) is 16.5 Å². The molecule has 3 aromatic rings. The standard InChI is InChI=1S/C20H22N4O4S/c25-16-2-1-9-24(13-16)29(27,28)17-5-3-14(4-6-17)11-22-20(26)19-10-15-12-21-8-7-18(15)23-19/h3-8,10,12,16,23,25H,1-2,9,11,13H2,(H,22,26)/t16-/m0/s1. The molecule has 1 saturated heterocycles. The number of fused-ring (bicyclic) bond motifs is 1. The zero-order valence-electron chi connectivity index (χ0n) is 15.7. The van der Waals surface area contributed by atoms with Gasteiger partial charge in [-0.25, -0.2) is 8.42 Å². The van der Waals surface area contributed by atoms with Crippen LogP contribution in [-0.4, -0.2) is 52.9 Å². The number of amides is 1. The van der Waals surface area contributed by atoms with Crippen molar-refractivity contribution in [1.29, 1.82) is 0 Å². The topological polar surface area (TPSA) is 115 Å². The summed E-state index contributed by atoms with van der Waals surface area (Å²) in [6.07, 6.45) is 3.99. The van der Waals surface area contributed by atoms with Gasteiger partial charge in [0.05, 0.1) is 11.0 Å². The number of carbonyl (C=O) groups excluding carboxylic acids is 1. The molecule has 0 radical (unpaired) electrons. The minimum absolute atomic E-state index is 0.125. The zero-order valence-corrected chi connectivity index (χ0v) is 16.5. The fourth-order valence-corrected chi connectivity index (χ4v) is 4.96. The molecule has 0 unspecified atom stereocenters. The quantitative estimate of drug-likeness (QED) is 0.587. The molecule has 152 valence electrons. The smallest absolute Gasteiger partial charge is 0.267 e. The zero-order chi connectivity index (χ0) is 20.4. The summed E-state index contributed by atoms with van der Waals surface area (Å²) in [6.45, 7) is 0.812. The number of rotatable bonds is 5. The summed E-state index contributed by atoms with van der Waals surface area (Å²) in [4.78, 5) is 19.6. The van der Waals surface area contributed by atoms with Crippen molar-refractivity contribution in [2.45, 2.75) is 30.4 Å². The molecule has 1 aromatic carbocycles. The van der Waals surface area contributed by atoms with Crippen LogP contribution in [0.2, 0.25) is 0 Å². The summed E-state index contributed by atoms with van der Waals surface area (Å²) in [6, 6.07) is 9.97. The van der Waals surface area contributed by atoms with Gasteiger partial charge in [0.2, 0.25) is 10.0 Å². The first-order valence-corrected chi connectivity index (χ1v) is 10.9. The number of benzene rings is 1. The summed E-state index contributed by atoms with van der Waals surface area (Å²) in [7, 11) is -3.63. The van der Waals surface area contributed by atoms with Gasteiger partial charge in [0.15, 0.2) is 0 Å². The average molecular weight is 414 g/mol. The van der Waals surface area contributed by atoms with Crippen LogP contribution >= 0.6 is 0 Å². The lowest BCUT2D eigenvalue weighted by molar-refractivity contribution is 0.0946. The van der Waals surface area contributed by atoms with Gasteiger partial charge in [-0.05, 0) is 42.7 Å². The molecule has 3 heterocycles. The van der Waals surface area contributed by atoms with Crippen LogP contribution in [0.25, 0.3) is 10.9 Å². The summed E-state index contributed by atoms with van der Waals surface area (Å²) >= 11 is 0. The van der Waals surface area contributed by atoms with Crippen LogP contribution in [0.4, 0.5) is 0 Å². The van der Waals surface area contributed by atoms with Crippen LogP contribution in [0.15, 0.2) is 53.7 Å². The van der Waals surface area contributed by atoms with Crippen LogP contribution in [0.5, 0.6) is 0 Å². The number of aliphatic hydroxyl groups excluding tert-OH is 1. The van der Waals surface area contributed by atoms with Crippen LogP contribution < -0.4 is 5.32 Å². The van der Waals surface area contributed by atoms with E-state index >= 15 is 0 Å². The third-order valence-corrected chi connectivity index (χ3v) is 6.92. The maximum absolute atomic E-state index is 12.7. The lowest BCUT2D eigenvalue weighted by atomic mass is 10.1. The molecular weight excluding hydrogens is 392 g/mol. The Labute approximate surface area is 168 Å². The van der Waals surface area contributed by atoms with E-state index in [2.05, 4.69) is 15.3 Å². The third kappa shape index (κ3) is 4.16. The Bertz CT molecular complexity index is 1090. The van der Waals surface area contributed by atoms with Gasteiger partial charge in [0.1, 0.15) is 5.69 Å². The van der Waals surface area contributed by atoms with E-state index in [1.807, 2.05) is 0 Å². The van der Waals surface area contributed by atoms with Crippen LogP contribution in [-0.2, 0) is 16.6 Å². The number of carbonyl (C=O) groups is 1. The molecule has 1 atom stereocenters. The maximum Gasteiger partial charge on any atom is 0.267 e. The van der Waals surface area contributed by atoms with Crippen molar-refractivity contribution in [2.75, 3.05) is 13.1 Å². The number of β-amino-alcohol motifs (C(OH)–C–C–N with tert-alkyl or cyclic N) is 1. The summed E-state index contributed by atoms with van der Waals surface area (Å²) in [5.74, 6) is -0.250. The molecular formula is C20H22N4O4S.